The normalized spacial score (nSPS) is 10.9. The number of hydrogen-bond donors (Lipinski definition) is 1. The van der Waals surface area contributed by atoms with Crippen LogP contribution in [0.4, 0.5) is 10.5 Å². The second kappa shape index (κ2) is 9.98. The summed E-state index contributed by atoms with van der Waals surface area (Å²) in [7, 11) is 0. The second-order valence-electron chi connectivity index (χ2n) is 7.84. The molecule has 0 saturated carbocycles. The first-order valence-corrected chi connectivity index (χ1v) is 11.0. The highest BCUT2D eigenvalue weighted by Gasteiger charge is 2.16. The fourth-order valence-corrected chi connectivity index (χ4v) is 3.85. The van der Waals surface area contributed by atoms with Crippen LogP contribution in [0.3, 0.4) is 0 Å². The van der Waals surface area contributed by atoms with E-state index in [-0.39, 0.29) is 6.03 Å². The fraction of sp³-hybridized carbons (Fsp3) is 0.222. The molecule has 0 atom stereocenters. The molecule has 3 aromatic carbocycles. The first-order chi connectivity index (χ1) is 15.2. The lowest BCUT2D eigenvalue weighted by atomic mass is 10.1. The van der Waals surface area contributed by atoms with E-state index >= 15 is 0 Å². The van der Waals surface area contributed by atoms with Crippen LogP contribution in [-0.2, 0) is 13.1 Å². The van der Waals surface area contributed by atoms with E-state index in [4.69, 9.17) is 0 Å². The van der Waals surface area contributed by atoms with Gasteiger partial charge in [0, 0.05) is 30.4 Å². The molecule has 0 aliphatic heterocycles. The molecule has 0 aliphatic carbocycles. The third kappa shape index (κ3) is 5.15. The van der Waals surface area contributed by atoms with Crippen LogP contribution in [0.2, 0.25) is 0 Å². The smallest absolute Gasteiger partial charge is 0.322 e. The number of hydrogen-bond acceptors (Lipinski definition) is 1. The molecule has 0 unspecified atom stereocenters. The van der Waals surface area contributed by atoms with Gasteiger partial charge >= 0.3 is 6.03 Å². The molecule has 2 amide bonds. The van der Waals surface area contributed by atoms with Gasteiger partial charge in [0.2, 0.25) is 0 Å². The van der Waals surface area contributed by atoms with Crippen LogP contribution in [-0.4, -0.2) is 22.0 Å². The third-order valence-corrected chi connectivity index (χ3v) is 5.57. The number of carbonyl (C=O) groups excluding carboxylic acids is 1. The van der Waals surface area contributed by atoms with Crippen LogP contribution in [0.25, 0.3) is 10.8 Å². The van der Waals surface area contributed by atoms with Gasteiger partial charge in [0.05, 0.1) is 12.2 Å². The predicted octanol–water partition coefficient (Wildman–Crippen LogP) is 6.52. The number of anilines is 1. The van der Waals surface area contributed by atoms with Crippen molar-refractivity contribution in [3.8, 4) is 0 Å². The molecule has 4 heteroatoms. The molecular formula is C27H29N3O. The van der Waals surface area contributed by atoms with E-state index in [9.17, 15) is 4.79 Å². The average Bonchev–Trinajstić information content (AvgIpc) is 3.24. The van der Waals surface area contributed by atoms with E-state index in [1.165, 1.54) is 5.56 Å². The van der Waals surface area contributed by atoms with Crippen LogP contribution in [0.5, 0.6) is 0 Å². The number of nitrogens with zero attached hydrogens (tertiary/aromatic N) is 2. The zero-order valence-electron chi connectivity index (χ0n) is 18.0. The van der Waals surface area contributed by atoms with Crippen molar-refractivity contribution in [2.24, 2.45) is 0 Å². The van der Waals surface area contributed by atoms with Crippen molar-refractivity contribution in [2.45, 2.75) is 32.9 Å². The standard InChI is InChI=1S/C27H29N3O/c1-2-3-18-30(21-24-15-10-19-29(24)20-22-11-5-4-6-12-22)27(31)28-26-17-9-14-23-13-7-8-16-25(23)26/h4-17,19H,2-3,18,20-21H2,1H3,(H,28,31). The number of nitrogens with one attached hydrogen (secondary N) is 1. The van der Waals surface area contributed by atoms with E-state index in [1.807, 2.05) is 41.3 Å². The predicted molar refractivity (Wildman–Crippen MR) is 128 cm³/mol. The molecule has 1 aromatic heterocycles. The van der Waals surface area contributed by atoms with Crippen LogP contribution in [0.15, 0.2) is 91.1 Å². The molecular weight excluding hydrogens is 382 g/mol. The Morgan fingerprint density at radius 1 is 0.903 bits per heavy atom. The first kappa shape index (κ1) is 20.7. The second-order valence-corrected chi connectivity index (χ2v) is 7.84. The summed E-state index contributed by atoms with van der Waals surface area (Å²) in [6.07, 6.45) is 4.11. The Hall–Kier alpha value is -3.53. The summed E-state index contributed by atoms with van der Waals surface area (Å²) in [5.74, 6) is 0. The van der Waals surface area contributed by atoms with Crippen molar-refractivity contribution in [1.29, 1.82) is 0 Å². The first-order valence-electron chi connectivity index (χ1n) is 11.0. The molecule has 0 radical (unpaired) electrons. The summed E-state index contributed by atoms with van der Waals surface area (Å²) >= 11 is 0. The maximum Gasteiger partial charge on any atom is 0.322 e. The van der Waals surface area contributed by atoms with Crippen LogP contribution in [0, 0.1) is 0 Å². The lowest BCUT2D eigenvalue weighted by Gasteiger charge is -2.24. The minimum atomic E-state index is -0.0581. The maximum absolute atomic E-state index is 13.3. The highest BCUT2D eigenvalue weighted by molar-refractivity contribution is 6.01. The van der Waals surface area contributed by atoms with Gasteiger partial charge in [0.25, 0.3) is 0 Å². The number of carbonyl (C=O) groups is 1. The quantitative estimate of drug-likeness (QED) is 0.352. The molecule has 31 heavy (non-hydrogen) atoms. The number of benzene rings is 3. The summed E-state index contributed by atoms with van der Waals surface area (Å²) in [5.41, 5.74) is 3.23. The summed E-state index contributed by atoms with van der Waals surface area (Å²) < 4.78 is 2.22. The Bertz CT molecular complexity index is 1130. The molecule has 158 valence electrons. The molecule has 4 nitrogen and oxygen atoms in total. The van der Waals surface area contributed by atoms with Crippen molar-refractivity contribution < 1.29 is 4.79 Å². The van der Waals surface area contributed by atoms with Crippen molar-refractivity contribution in [3.63, 3.8) is 0 Å². The van der Waals surface area contributed by atoms with Gasteiger partial charge in [0.1, 0.15) is 0 Å². The van der Waals surface area contributed by atoms with E-state index in [0.717, 1.165) is 48.1 Å². The van der Waals surface area contributed by atoms with Gasteiger partial charge in [-0.25, -0.2) is 4.79 Å². The summed E-state index contributed by atoms with van der Waals surface area (Å²) in [6, 6.07) is 28.7. The number of unbranched alkanes of at least 4 members (excludes halogenated alkanes) is 1. The van der Waals surface area contributed by atoms with Gasteiger partial charge in [0.15, 0.2) is 0 Å². The Labute approximate surface area is 184 Å². The maximum atomic E-state index is 13.3. The molecule has 4 aromatic rings. The summed E-state index contributed by atoms with van der Waals surface area (Å²) in [5, 5.41) is 5.33. The SMILES string of the molecule is CCCCN(Cc1cccn1Cc1ccccc1)C(=O)Nc1cccc2ccccc12. The largest absolute Gasteiger partial charge is 0.345 e. The van der Waals surface area contributed by atoms with E-state index in [1.54, 1.807) is 0 Å². The molecule has 0 bridgehead atoms. The van der Waals surface area contributed by atoms with E-state index in [2.05, 4.69) is 71.5 Å². The van der Waals surface area contributed by atoms with Crippen molar-refractivity contribution in [3.05, 3.63) is 102 Å². The topological polar surface area (TPSA) is 37.3 Å². The number of rotatable bonds is 8. The zero-order chi connectivity index (χ0) is 21.5. The minimum Gasteiger partial charge on any atom is -0.345 e. The van der Waals surface area contributed by atoms with E-state index in [0.29, 0.717) is 6.54 Å². The zero-order valence-corrected chi connectivity index (χ0v) is 18.0. The van der Waals surface area contributed by atoms with Gasteiger partial charge in [-0.1, -0.05) is 80.1 Å². The fourth-order valence-electron chi connectivity index (χ4n) is 3.85. The van der Waals surface area contributed by atoms with Gasteiger partial charge in [-0.3, -0.25) is 0 Å². The number of fused-ring (bicyclic) bond motifs is 1. The highest BCUT2D eigenvalue weighted by Crippen LogP contribution is 2.23. The van der Waals surface area contributed by atoms with E-state index < -0.39 is 0 Å². The van der Waals surface area contributed by atoms with Gasteiger partial charge in [-0.05, 0) is 35.6 Å². The van der Waals surface area contributed by atoms with Gasteiger partial charge in [-0.15, -0.1) is 0 Å². The summed E-state index contributed by atoms with van der Waals surface area (Å²) in [4.78, 5) is 15.2. The van der Waals surface area contributed by atoms with Crippen LogP contribution >= 0.6 is 0 Å². The molecule has 1 heterocycles. The third-order valence-electron chi connectivity index (χ3n) is 5.57. The Kier molecular flexibility index (Phi) is 6.68. The lowest BCUT2D eigenvalue weighted by molar-refractivity contribution is 0.207. The average molecular weight is 412 g/mol. The molecule has 0 fully saturated rings. The minimum absolute atomic E-state index is 0.0581. The Morgan fingerprint density at radius 3 is 2.52 bits per heavy atom. The van der Waals surface area contributed by atoms with Crippen molar-refractivity contribution in [1.82, 2.24) is 9.47 Å². The lowest BCUT2D eigenvalue weighted by Crippen LogP contribution is -2.36. The molecule has 0 saturated heterocycles. The summed E-state index contributed by atoms with van der Waals surface area (Å²) in [6.45, 7) is 4.26. The van der Waals surface area contributed by atoms with Crippen LogP contribution in [0.1, 0.15) is 31.0 Å². The molecule has 1 N–H and O–H groups in total. The number of urea groups is 1. The Morgan fingerprint density at radius 2 is 1.68 bits per heavy atom. The molecule has 0 aliphatic rings. The van der Waals surface area contributed by atoms with Crippen molar-refractivity contribution >= 4 is 22.5 Å². The highest BCUT2D eigenvalue weighted by atomic mass is 16.2. The number of aromatic nitrogens is 1. The monoisotopic (exact) mass is 411 g/mol. The Balaban J connectivity index is 1.52. The van der Waals surface area contributed by atoms with Gasteiger partial charge in [-0.2, -0.15) is 0 Å². The molecule has 4 rings (SSSR count). The van der Waals surface area contributed by atoms with Crippen LogP contribution < -0.4 is 5.32 Å². The van der Waals surface area contributed by atoms with Gasteiger partial charge < -0.3 is 14.8 Å². The number of amides is 2. The van der Waals surface area contributed by atoms with Crippen molar-refractivity contribution in [2.75, 3.05) is 11.9 Å². The molecule has 0 spiro atoms.